The normalized spacial score (nSPS) is 17.7. The van der Waals surface area contributed by atoms with Crippen LogP contribution in [0.5, 0.6) is 5.75 Å². The molecular weight excluding hydrogens is 504 g/mol. The number of allylic oxidation sites excluding steroid dienone is 2. The molecule has 0 saturated carbocycles. The van der Waals surface area contributed by atoms with Crippen LogP contribution in [-0.4, -0.2) is 85.1 Å². The molecule has 2 aliphatic rings. The van der Waals surface area contributed by atoms with Crippen LogP contribution in [0, 0.1) is 0 Å². The zero-order chi connectivity index (χ0) is 26.9. The van der Waals surface area contributed by atoms with Crippen molar-refractivity contribution < 1.29 is 26.7 Å². The summed E-state index contributed by atoms with van der Waals surface area (Å²) in [6.07, 6.45) is 3.66. The minimum atomic E-state index is -4.47. The Balaban J connectivity index is 0.000000572. The third-order valence-electron chi connectivity index (χ3n) is 5.77. The highest BCUT2D eigenvalue weighted by Crippen LogP contribution is 2.38. The lowest BCUT2D eigenvalue weighted by Crippen LogP contribution is -2.29. The van der Waals surface area contributed by atoms with Crippen LogP contribution in [0.2, 0.25) is 0 Å². The lowest BCUT2D eigenvalue weighted by molar-refractivity contribution is -0.121. The summed E-state index contributed by atoms with van der Waals surface area (Å²) in [6.45, 7) is 12.8. The molecule has 2 aliphatic heterocycles. The van der Waals surface area contributed by atoms with E-state index in [0.29, 0.717) is 42.0 Å². The van der Waals surface area contributed by atoms with Crippen molar-refractivity contribution in [1.82, 2.24) is 14.7 Å². The van der Waals surface area contributed by atoms with Crippen LogP contribution < -0.4 is 9.64 Å². The second kappa shape index (κ2) is 13.7. The van der Waals surface area contributed by atoms with Gasteiger partial charge in [0.2, 0.25) is 5.88 Å². The van der Waals surface area contributed by atoms with Crippen molar-refractivity contribution in [3.05, 3.63) is 48.0 Å². The van der Waals surface area contributed by atoms with E-state index in [1.54, 1.807) is 24.1 Å². The van der Waals surface area contributed by atoms with Gasteiger partial charge in [-0.25, -0.2) is 4.18 Å². The largest absolute Gasteiger partial charge is 0.439 e. The molecule has 1 N–H and O–H groups in total. The topological polar surface area (TPSA) is 103 Å². The Kier molecular flexibility index (Phi) is 11.3. The van der Waals surface area contributed by atoms with Gasteiger partial charge in [0.15, 0.2) is 10.9 Å². The quantitative estimate of drug-likeness (QED) is 0.206. The highest BCUT2D eigenvalue weighted by molar-refractivity contribution is 7.81. The van der Waals surface area contributed by atoms with Crippen LogP contribution in [-0.2, 0) is 19.4 Å². The minimum Gasteiger partial charge on any atom is -0.439 e. The van der Waals surface area contributed by atoms with Crippen molar-refractivity contribution in [1.29, 1.82) is 0 Å². The van der Waals surface area contributed by atoms with E-state index in [4.69, 9.17) is 21.5 Å². The standard InChI is InChI=1S/C18H21N3O6S2.C6H15N/c1-3-20-14(17(22)19(2)18(20)28)9-10-16-21(11-6-12-26-29(23,24)25)13-7-4-5-8-15(13)27-16;1-4-7(5-2)6-3/h4-5,7-10H,3,6,11-12H2,1-2H3,(H,23,24,25);4-6H2,1-3H3. The van der Waals surface area contributed by atoms with Gasteiger partial charge < -0.3 is 19.4 Å². The number of hydrogen-bond donors (Lipinski definition) is 1. The summed E-state index contributed by atoms with van der Waals surface area (Å²) >= 11 is 5.29. The molecule has 10 nitrogen and oxygen atoms in total. The molecule has 0 bridgehead atoms. The molecule has 12 heteroatoms. The zero-order valence-corrected chi connectivity index (χ0v) is 23.1. The molecule has 1 fully saturated rings. The molecule has 0 unspecified atom stereocenters. The molecule has 200 valence electrons. The Morgan fingerprint density at radius 2 is 1.72 bits per heavy atom. The monoisotopic (exact) mass is 540 g/mol. The van der Waals surface area contributed by atoms with E-state index in [-0.39, 0.29) is 12.5 Å². The average Bonchev–Trinajstić information content (AvgIpc) is 3.30. The summed E-state index contributed by atoms with van der Waals surface area (Å²) in [6, 6.07) is 7.38. The molecular formula is C24H36N4O6S2. The van der Waals surface area contributed by atoms with Gasteiger partial charge in [-0.2, -0.15) is 8.42 Å². The third-order valence-corrected chi connectivity index (χ3v) is 6.73. The van der Waals surface area contributed by atoms with E-state index < -0.39 is 10.4 Å². The zero-order valence-electron chi connectivity index (χ0n) is 21.5. The first-order chi connectivity index (χ1) is 17.1. The number of ether oxygens (including phenoxy) is 1. The molecule has 2 heterocycles. The van der Waals surface area contributed by atoms with Crippen molar-refractivity contribution in [3.63, 3.8) is 0 Å². The van der Waals surface area contributed by atoms with Gasteiger partial charge in [0.05, 0.1) is 12.3 Å². The van der Waals surface area contributed by atoms with Gasteiger partial charge in [-0.05, 0) is 63.4 Å². The predicted molar refractivity (Wildman–Crippen MR) is 144 cm³/mol. The summed E-state index contributed by atoms with van der Waals surface area (Å²) in [4.78, 5) is 19.8. The Bertz CT molecular complexity index is 1080. The maximum absolute atomic E-state index is 12.4. The van der Waals surface area contributed by atoms with Gasteiger partial charge in [0.1, 0.15) is 5.70 Å². The van der Waals surface area contributed by atoms with Crippen LogP contribution in [0.3, 0.4) is 0 Å². The first kappa shape index (κ1) is 29.7. The van der Waals surface area contributed by atoms with Crippen LogP contribution in [0.15, 0.2) is 48.0 Å². The van der Waals surface area contributed by atoms with Crippen LogP contribution in [0.4, 0.5) is 5.69 Å². The Morgan fingerprint density at radius 3 is 2.28 bits per heavy atom. The lowest BCUT2D eigenvalue weighted by Gasteiger charge is -2.18. The van der Waals surface area contributed by atoms with E-state index in [9.17, 15) is 13.2 Å². The van der Waals surface area contributed by atoms with E-state index in [2.05, 4.69) is 29.9 Å². The highest BCUT2D eigenvalue weighted by Gasteiger charge is 2.34. The van der Waals surface area contributed by atoms with Crippen molar-refractivity contribution in [2.45, 2.75) is 34.1 Å². The molecule has 1 aromatic carbocycles. The number of amides is 1. The molecule has 3 rings (SSSR count). The number of benzene rings is 1. The van der Waals surface area contributed by atoms with E-state index in [0.717, 1.165) is 5.69 Å². The first-order valence-electron chi connectivity index (χ1n) is 12.0. The van der Waals surface area contributed by atoms with Gasteiger partial charge in [-0.1, -0.05) is 32.9 Å². The molecule has 0 atom stereocenters. The van der Waals surface area contributed by atoms with Gasteiger partial charge in [-0.15, -0.1) is 0 Å². The summed E-state index contributed by atoms with van der Waals surface area (Å²) in [5.41, 5.74) is 1.25. The summed E-state index contributed by atoms with van der Waals surface area (Å²) < 4.78 is 40.4. The second-order valence-electron chi connectivity index (χ2n) is 7.89. The van der Waals surface area contributed by atoms with Crippen LogP contribution >= 0.6 is 12.2 Å². The molecule has 36 heavy (non-hydrogen) atoms. The Labute approximate surface area is 219 Å². The van der Waals surface area contributed by atoms with Crippen LogP contribution in [0.25, 0.3) is 0 Å². The highest BCUT2D eigenvalue weighted by atomic mass is 32.3. The molecule has 0 radical (unpaired) electrons. The molecule has 0 aromatic heterocycles. The average molecular weight is 541 g/mol. The maximum atomic E-state index is 12.4. The SMILES string of the molecule is CCN(CC)CC.CCN1C(=S)N(C)C(=O)C1=CC=C1Oc2ccccc2N1CCCOS(=O)(=O)O. The number of carbonyl (C=O) groups excluding carboxylic acids is 1. The summed E-state index contributed by atoms with van der Waals surface area (Å²) in [5, 5.41) is 0.442. The predicted octanol–water partition coefficient (Wildman–Crippen LogP) is 3.25. The summed E-state index contributed by atoms with van der Waals surface area (Å²) in [5.74, 6) is 0.928. The first-order valence-corrected chi connectivity index (χ1v) is 13.7. The number of rotatable bonds is 10. The fourth-order valence-electron chi connectivity index (χ4n) is 3.74. The van der Waals surface area contributed by atoms with Crippen molar-refractivity contribution >= 4 is 39.3 Å². The smallest absolute Gasteiger partial charge is 0.397 e. The fraction of sp³-hybridized carbons (Fsp3) is 0.500. The molecule has 1 saturated heterocycles. The number of nitrogens with zero attached hydrogens (tertiary/aromatic N) is 4. The lowest BCUT2D eigenvalue weighted by atomic mass is 10.2. The number of hydrogen-bond acceptors (Lipinski definition) is 8. The van der Waals surface area contributed by atoms with E-state index in [1.165, 1.54) is 24.5 Å². The Hall–Kier alpha value is -2.51. The third kappa shape index (κ3) is 7.74. The van der Waals surface area contributed by atoms with Crippen molar-refractivity contribution in [3.8, 4) is 5.75 Å². The van der Waals surface area contributed by atoms with Crippen LogP contribution in [0.1, 0.15) is 34.1 Å². The van der Waals surface area contributed by atoms with Crippen molar-refractivity contribution in [2.75, 3.05) is 51.3 Å². The number of likely N-dealkylation sites (N-methyl/N-ethyl adjacent to an activating group) is 2. The second-order valence-corrected chi connectivity index (χ2v) is 9.35. The fourth-order valence-corrected chi connectivity index (χ4v) is 4.38. The Morgan fingerprint density at radius 1 is 1.08 bits per heavy atom. The van der Waals surface area contributed by atoms with Gasteiger partial charge in [-0.3, -0.25) is 14.2 Å². The molecule has 1 aromatic rings. The van der Waals surface area contributed by atoms with Crippen molar-refractivity contribution in [2.24, 2.45) is 0 Å². The summed E-state index contributed by atoms with van der Waals surface area (Å²) in [7, 11) is -2.84. The maximum Gasteiger partial charge on any atom is 0.397 e. The molecule has 0 aliphatic carbocycles. The number of para-hydroxylation sites is 2. The number of thiocarbonyl (C=S) groups is 1. The number of carbonyl (C=O) groups is 1. The van der Waals surface area contributed by atoms with Gasteiger partial charge >= 0.3 is 10.4 Å². The van der Waals surface area contributed by atoms with Gasteiger partial charge in [0.25, 0.3) is 5.91 Å². The number of fused-ring (bicyclic) bond motifs is 1. The molecule has 1 amide bonds. The number of anilines is 1. The van der Waals surface area contributed by atoms with E-state index >= 15 is 0 Å². The van der Waals surface area contributed by atoms with Gasteiger partial charge in [0, 0.05) is 26.2 Å². The van der Waals surface area contributed by atoms with E-state index in [1.807, 2.05) is 36.1 Å². The minimum absolute atomic E-state index is 0.174. The molecule has 0 spiro atoms.